The van der Waals surface area contributed by atoms with Gasteiger partial charge >= 0.3 is 5.97 Å². The van der Waals surface area contributed by atoms with Crippen molar-refractivity contribution in [2.75, 3.05) is 7.11 Å². The fourth-order valence-electron chi connectivity index (χ4n) is 1.25. The largest absolute Gasteiger partial charge is 0.493 e. The molecule has 0 amide bonds. The van der Waals surface area contributed by atoms with Gasteiger partial charge in [0.25, 0.3) is 0 Å². The zero-order valence-electron chi connectivity index (χ0n) is 8.67. The Kier molecular flexibility index (Phi) is 2.91. The second-order valence-corrected chi connectivity index (χ2v) is 3.02. The first-order valence-corrected chi connectivity index (χ1v) is 4.70. The highest BCUT2D eigenvalue weighted by molar-refractivity contribution is 5.88. The topological polar surface area (TPSA) is 48.7 Å². The maximum absolute atomic E-state index is 11.6. The lowest BCUT2D eigenvalue weighted by molar-refractivity contribution is 0.0696. The Hall–Kier alpha value is -2.23. The van der Waals surface area contributed by atoms with Crippen LogP contribution in [0.4, 0.5) is 0 Å². The molecule has 4 heteroatoms. The zero-order valence-corrected chi connectivity index (χ0v) is 8.67. The van der Waals surface area contributed by atoms with E-state index in [1.54, 1.807) is 30.3 Å². The fraction of sp³-hybridized carbons (Fsp3) is 0.0833. The summed E-state index contributed by atoms with van der Waals surface area (Å²) in [5.74, 6) is 0.481. The van der Waals surface area contributed by atoms with E-state index in [0.29, 0.717) is 11.5 Å². The first-order valence-electron chi connectivity index (χ1n) is 4.70. The molecule has 0 radical (unpaired) electrons. The van der Waals surface area contributed by atoms with Crippen molar-refractivity contribution in [3.8, 4) is 11.5 Å². The first-order chi connectivity index (χ1) is 7.81. The van der Waals surface area contributed by atoms with E-state index in [1.807, 2.05) is 0 Å². The van der Waals surface area contributed by atoms with Gasteiger partial charge in [0.2, 0.25) is 5.76 Å². The fourth-order valence-corrected chi connectivity index (χ4v) is 1.25. The number of furan rings is 1. The molecular formula is C12H10O4. The Morgan fingerprint density at radius 1 is 1.12 bits per heavy atom. The molecule has 0 aliphatic heterocycles. The van der Waals surface area contributed by atoms with E-state index >= 15 is 0 Å². The summed E-state index contributed by atoms with van der Waals surface area (Å²) in [6.07, 6.45) is 1.42. The highest BCUT2D eigenvalue weighted by atomic mass is 16.6. The molecule has 0 saturated carbocycles. The molecule has 1 aromatic heterocycles. The third-order valence-corrected chi connectivity index (χ3v) is 1.99. The van der Waals surface area contributed by atoms with Gasteiger partial charge in [-0.3, -0.25) is 0 Å². The maximum Gasteiger partial charge on any atom is 0.379 e. The number of para-hydroxylation sites is 2. The van der Waals surface area contributed by atoms with Gasteiger partial charge in [-0.05, 0) is 24.3 Å². The third kappa shape index (κ3) is 2.06. The van der Waals surface area contributed by atoms with Gasteiger partial charge in [0, 0.05) is 0 Å². The summed E-state index contributed by atoms with van der Waals surface area (Å²) in [5, 5.41) is 0. The molecule has 0 bridgehead atoms. The van der Waals surface area contributed by atoms with Crippen molar-refractivity contribution >= 4 is 5.97 Å². The van der Waals surface area contributed by atoms with E-state index in [4.69, 9.17) is 13.9 Å². The number of rotatable bonds is 3. The zero-order chi connectivity index (χ0) is 11.4. The van der Waals surface area contributed by atoms with Gasteiger partial charge in [-0.25, -0.2) is 4.79 Å². The van der Waals surface area contributed by atoms with Crippen LogP contribution < -0.4 is 9.47 Å². The molecule has 1 aromatic carbocycles. The Morgan fingerprint density at radius 2 is 1.88 bits per heavy atom. The minimum absolute atomic E-state index is 0.158. The van der Waals surface area contributed by atoms with E-state index < -0.39 is 5.97 Å². The summed E-state index contributed by atoms with van der Waals surface area (Å²) in [4.78, 5) is 11.6. The van der Waals surface area contributed by atoms with Crippen molar-refractivity contribution in [3.05, 3.63) is 48.4 Å². The third-order valence-electron chi connectivity index (χ3n) is 1.99. The van der Waals surface area contributed by atoms with Crippen LogP contribution >= 0.6 is 0 Å². The normalized spacial score (nSPS) is 9.81. The van der Waals surface area contributed by atoms with Crippen molar-refractivity contribution < 1.29 is 18.7 Å². The van der Waals surface area contributed by atoms with Gasteiger partial charge < -0.3 is 13.9 Å². The minimum Gasteiger partial charge on any atom is -0.493 e. The Morgan fingerprint density at radius 3 is 2.50 bits per heavy atom. The summed E-state index contributed by atoms with van der Waals surface area (Å²) < 4.78 is 15.1. The van der Waals surface area contributed by atoms with Crippen molar-refractivity contribution in [2.24, 2.45) is 0 Å². The predicted molar refractivity (Wildman–Crippen MR) is 56.7 cm³/mol. The van der Waals surface area contributed by atoms with Crippen LogP contribution in [0.15, 0.2) is 47.1 Å². The molecule has 0 spiro atoms. The van der Waals surface area contributed by atoms with Crippen molar-refractivity contribution in [1.29, 1.82) is 0 Å². The van der Waals surface area contributed by atoms with Crippen LogP contribution in [-0.2, 0) is 0 Å². The molecule has 0 unspecified atom stereocenters. The maximum atomic E-state index is 11.6. The lowest BCUT2D eigenvalue weighted by Crippen LogP contribution is -2.07. The molecule has 0 atom stereocenters. The summed E-state index contributed by atoms with van der Waals surface area (Å²) in [6.45, 7) is 0. The van der Waals surface area contributed by atoms with Crippen LogP contribution in [0.3, 0.4) is 0 Å². The Bertz CT molecular complexity index is 474. The number of hydrogen-bond acceptors (Lipinski definition) is 4. The van der Waals surface area contributed by atoms with Crippen LogP contribution in [0.1, 0.15) is 10.6 Å². The van der Waals surface area contributed by atoms with Crippen LogP contribution in [0, 0.1) is 0 Å². The van der Waals surface area contributed by atoms with Crippen LogP contribution in [0.5, 0.6) is 11.5 Å². The second-order valence-electron chi connectivity index (χ2n) is 3.02. The summed E-state index contributed by atoms with van der Waals surface area (Å²) in [7, 11) is 1.51. The summed E-state index contributed by atoms with van der Waals surface area (Å²) in [6, 6.07) is 10.1. The van der Waals surface area contributed by atoms with Gasteiger partial charge in [-0.2, -0.15) is 0 Å². The molecule has 0 N–H and O–H groups in total. The molecule has 0 aliphatic carbocycles. The molecule has 82 valence electrons. The average molecular weight is 218 g/mol. The highest BCUT2D eigenvalue weighted by Gasteiger charge is 2.13. The SMILES string of the molecule is COc1ccccc1OC(=O)c1ccco1. The lowest BCUT2D eigenvalue weighted by Gasteiger charge is -2.06. The van der Waals surface area contributed by atoms with Crippen molar-refractivity contribution in [1.82, 2.24) is 0 Å². The van der Waals surface area contributed by atoms with E-state index in [-0.39, 0.29) is 5.76 Å². The Labute approximate surface area is 92.4 Å². The summed E-state index contributed by atoms with van der Waals surface area (Å²) >= 11 is 0. The smallest absolute Gasteiger partial charge is 0.379 e. The van der Waals surface area contributed by atoms with Crippen LogP contribution in [-0.4, -0.2) is 13.1 Å². The number of carbonyl (C=O) groups is 1. The standard InChI is InChI=1S/C12H10O4/c1-14-9-5-2-3-6-10(9)16-12(13)11-7-4-8-15-11/h2-8H,1H3. The van der Waals surface area contributed by atoms with Crippen LogP contribution in [0.2, 0.25) is 0 Å². The van der Waals surface area contributed by atoms with Gasteiger partial charge in [0.15, 0.2) is 11.5 Å². The lowest BCUT2D eigenvalue weighted by atomic mass is 10.3. The highest BCUT2D eigenvalue weighted by Crippen LogP contribution is 2.26. The number of ether oxygens (including phenoxy) is 2. The van der Waals surface area contributed by atoms with Gasteiger partial charge in [-0.15, -0.1) is 0 Å². The first kappa shape index (κ1) is 10.3. The molecule has 16 heavy (non-hydrogen) atoms. The average Bonchev–Trinajstić information content (AvgIpc) is 2.83. The molecule has 0 aliphatic rings. The molecule has 0 saturated heterocycles. The molecule has 1 heterocycles. The van der Waals surface area contributed by atoms with Crippen LogP contribution in [0.25, 0.3) is 0 Å². The van der Waals surface area contributed by atoms with Crippen molar-refractivity contribution in [2.45, 2.75) is 0 Å². The predicted octanol–water partition coefficient (Wildman–Crippen LogP) is 2.51. The second kappa shape index (κ2) is 4.53. The molecule has 2 aromatic rings. The molecular weight excluding hydrogens is 208 g/mol. The molecule has 2 rings (SSSR count). The quantitative estimate of drug-likeness (QED) is 0.586. The number of hydrogen-bond donors (Lipinski definition) is 0. The van der Waals surface area contributed by atoms with Gasteiger partial charge in [0.05, 0.1) is 13.4 Å². The van der Waals surface area contributed by atoms with Gasteiger partial charge in [-0.1, -0.05) is 12.1 Å². The van der Waals surface area contributed by atoms with E-state index in [2.05, 4.69) is 0 Å². The minimum atomic E-state index is -0.547. The summed E-state index contributed by atoms with van der Waals surface area (Å²) in [5.41, 5.74) is 0. The van der Waals surface area contributed by atoms with Gasteiger partial charge in [0.1, 0.15) is 0 Å². The van der Waals surface area contributed by atoms with Crippen molar-refractivity contribution in [3.63, 3.8) is 0 Å². The number of esters is 1. The molecule has 4 nitrogen and oxygen atoms in total. The number of benzene rings is 1. The number of methoxy groups -OCH3 is 1. The number of carbonyl (C=O) groups excluding carboxylic acids is 1. The monoisotopic (exact) mass is 218 g/mol. The Balaban J connectivity index is 2.18. The van der Waals surface area contributed by atoms with E-state index in [0.717, 1.165) is 0 Å². The molecule has 0 fully saturated rings. The van der Waals surface area contributed by atoms with E-state index in [9.17, 15) is 4.79 Å². The van der Waals surface area contributed by atoms with E-state index in [1.165, 1.54) is 19.4 Å².